The minimum atomic E-state index is -0.545. The molecule has 0 aliphatic heterocycles. The van der Waals surface area contributed by atoms with Crippen LogP contribution in [0.4, 0.5) is 0 Å². The van der Waals surface area contributed by atoms with Gasteiger partial charge < -0.3 is 9.47 Å². The molecule has 1 aromatic rings. The highest BCUT2D eigenvalue weighted by molar-refractivity contribution is 5.98. The number of fused-ring (bicyclic) bond motifs is 1. The lowest BCUT2D eigenvalue weighted by molar-refractivity contribution is -0.167. The van der Waals surface area contributed by atoms with E-state index >= 15 is 0 Å². The van der Waals surface area contributed by atoms with E-state index in [-0.39, 0.29) is 30.2 Å². The van der Waals surface area contributed by atoms with E-state index in [9.17, 15) is 14.4 Å². The second-order valence-corrected chi connectivity index (χ2v) is 7.72. The molecule has 0 heterocycles. The molecule has 0 unspecified atom stereocenters. The summed E-state index contributed by atoms with van der Waals surface area (Å²) in [6.07, 6.45) is 5.94. The number of ether oxygens (including phenoxy) is 2. The predicted molar refractivity (Wildman–Crippen MR) is 97.7 cm³/mol. The van der Waals surface area contributed by atoms with Crippen molar-refractivity contribution in [2.45, 2.75) is 19.8 Å². The van der Waals surface area contributed by atoms with Gasteiger partial charge in [-0.3, -0.25) is 14.4 Å². The Hall–Kier alpha value is -2.43. The van der Waals surface area contributed by atoms with Crippen molar-refractivity contribution in [2.75, 3.05) is 13.2 Å². The van der Waals surface area contributed by atoms with Gasteiger partial charge in [0.25, 0.3) is 0 Å². The summed E-state index contributed by atoms with van der Waals surface area (Å²) in [5.41, 5.74) is 0.511. The molecule has 6 atom stereocenters. The molecular weight excluding hydrogens is 344 g/mol. The van der Waals surface area contributed by atoms with Crippen molar-refractivity contribution < 1.29 is 23.9 Å². The molecule has 4 aliphatic rings. The molecule has 0 N–H and O–H groups in total. The monoisotopic (exact) mass is 368 g/mol. The third-order valence-corrected chi connectivity index (χ3v) is 6.09. The lowest BCUT2D eigenvalue weighted by Gasteiger charge is -2.41. The number of hydrogen-bond acceptors (Lipinski definition) is 5. The fourth-order valence-corrected chi connectivity index (χ4v) is 4.76. The van der Waals surface area contributed by atoms with Crippen LogP contribution in [0.3, 0.4) is 0 Å². The van der Waals surface area contributed by atoms with Crippen LogP contribution < -0.4 is 0 Å². The maximum Gasteiger partial charge on any atom is 0.310 e. The van der Waals surface area contributed by atoms with Crippen molar-refractivity contribution in [3.05, 3.63) is 48.0 Å². The Morgan fingerprint density at radius 1 is 0.926 bits per heavy atom. The van der Waals surface area contributed by atoms with Crippen LogP contribution in [-0.2, 0) is 19.1 Å². The minimum absolute atomic E-state index is 0.0125. The van der Waals surface area contributed by atoms with E-state index in [1.807, 2.05) is 13.0 Å². The van der Waals surface area contributed by atoms with E-state index in [0.29, 0.717) is 24.0 Å². The molecule has 1 aromatic carbocycles. The van der Waals surface area contributed by atoms with Crippen LogP contribution in [0.25, 0.3) is 0 Å². The minimum Gasteiger partial charge on any atom is -0.465 e. The molecule has 27 heavy (non-hydrogen) atoms. The number of esters is 2. The number of carbonyl (C=O) groups is 3. The smallest absolute Gasteiger partial charge is 0.310 e. The third kappa shape index (κ3) is 3.31. The lowest BCUT2D eigenvalue weighted by Crippen LogP contribution is -2.48. The Morgan fingerprint density at radius 3 is 2.11 bits per heavy atom. The highest BCUT2D eigenvalue weighted by Crippen LogP contribution is 2.63. The van der Waals surface area contributed by atoms with Gasteiger partial charge in [-0.25, -0.2) is 0 Å². The number of carbonyl (C=O) groups excluding carboxylic acids is 3. The van der Waals surface area contributed by atoms with E-state index in [0.717, 1.165) is 12.8 Å². The average molecular weight is 368 g/mol. The molecule has 0 radical (unpaired) electrons. The standard InChI is InChI=1S/C22H24O5/c1-2-10-26-21(24)19-14-8-9-15(17-11-16(14)17)20(19)22(25)27-12-18(23)13-6-4-3-5-7-13/h3-9,14-17,19-20H,2,10-12H2,1H3/t14-,15-,16+,17-,19+,20+/m0/s1. The van der Waals surface area contributed by atoms with E-state index in [4.69, 9.17) is 9.47 Å². The molecule has 0 aromatic heterocycles. The first-order chi connectivity index (χ1) is 13.1. The first-order valence-corrected chi connectivity index (χ1v) is 9.71. The maximum atomic E-state index is 12.9. The molecule has 5 nitrogen and oxygen atoms in total. The quantitative estimate of drug-likeness (QED) is 0.420. The first-order valence-electron chi connectivity index (χ1n) is 9.71. The zero-order valence-corrected chi connectivity index (χ0v) is 15.4. The second kappa shape index (κ2) is 7.29. The molecule has 2 bridgehead atoms. The van der Waals surface area contributed by atoms with Crippen LogP contribution in [0.15, 0.2) is 42.5 Å². The van der Waals surface area contributed by atoms with Crippen LogP contribution in [0.1, 0.15) is 30.1 Å². The van der Waals surface area contributed by atoms with Crippen molar-refractivity contribution in [3.63, 3.8) is 0 Å². The molecule has 4 aliphatic carbocycles. The summed E-state index contributed by atoms with van der Waals surface area (Å²) in [7, 11) is 0. The van der Waals surface area contributed by atoms with Gasteiger partial charge in [0.15, 0.2) is 12.4 Å². The summed E-state index contributed by atoms with van der Waals surface area (Å²) in [5, 5.41) is 0. The van der Waals surface area contributed by atoms with Crippen LogP contribution in [-0.4, -0.2) is 30.9 Å². The van der Waals surface area contributed by atoms with Gasteiger partial charge >= 0.3 is 11.9 Å². The molecule has 5 heteroatoms. The molecule has 2 fully saturated rings. The Kier molecular flexibility index (Phi) is 4.85. The van der Waals surface area contributed by atoms with E-state index in [1.165, 1.54) is 0 Å². The Balaban J connectivity index is 1.46. The SMILES string of the molecule is CCCOC(=O)[C@@H]1[C@H]2C=C[C@@H]([C@@H]3C[C@H]23)[C@H]1C(=O)OCC(=O)c1ccccc1. The summed E-state index contributed by atoms with van der Waals surface area (Å²) < 4.78 is 10.7. The van der Waals surface area contributed by atoms with Gasteiger partial charge in [-0.15, -0.1) is 0 Å². The van der Waals surface area contributed by atoms with Crippen molar-refractivity contribution in [2.24, 2.45) is 35.5 Å². The van der Waals surface area contributed by atoms with Crippen molar-refractivity contribution in [1.82, 2.24) is 0 Å². The summed E-state index contributed by atoms with van der Waals surface area (Å²) in [5.74, 6) is -1.04. The zero-order chi connectivity index (χ0) is 19.0. The predicted octanol–water partition coefficient (Wildman–Crippen LogP) is 3.05. The highest BCUT2D eigenvalue weighted by atomic mass is 16.5. The largest absolute Gasteiger partial charge is 0.465 e. The normalized spacial score (nSPS) is 32.5. The summed E-state index contributed by atoms with van der Waals surface area (Å²) in [6.45, 7) is 2.00. The van der Waals surface area contributed by atoms with Gasteiger partial charge in [-0.1, -0.05) is 49.4 Å². The average Bonchev–Trinajstić information content (AvgIpc) is 3.52. The van der Waals surface area contributed by atoms with Gasteiger partial charge in [0.1, 0.15) is 0 Å². The van der Waals surface area contributed by atoms with Crippen LogP contribution in [0, 0.1) is 35.5 Å². The van der Waals surface area contributed by atoms with Crippen molar-refractivity contribution >= 4 is 17.7 Å². The Morgan fingerprint density at radius 2 is 1.52 bits per heavy atom. The summed E-state index contributed by atoms with van der Waals surface area (Å²) >= 11 is 0. The number of ketones is 1. The van der Waals surface area contributed by atoms with E-state index in [2.05, 4.69) is 12.2 Å². The van der Waals surface area contributed by atoms with E-state index < -0.39 is 17.8 Å². The molecular formula is C22H24O5. The van der Waals surface area contributed by atoms with Crippen molar-refractivity contribution in [1.29, 1.82) is 0 Å². The summed E-state index contributed by atoms with van der Waals surface area (Å²) in [4.78, 5) is 37.8. The molecule has 2 saturated carbocycles. The molecule has 142 valence electrons. The number of allylic oxidation sites excluding steroid dienone is 2. The van der Waals surface area contributed by atoms with Crippen LogP contribution in [0.5, 0.6) is 0 Å². The Bertz CT molecular complexity index is 768. The fourth-order valence-electron chi connectivity index (χ4n) is 4.76. The molecule has 5 rings (SSSR count). The lowest BCUT2D eigenvalue weighted by atomic mass is 9.62. The number of Topliss-reactive ketones (excluding diaryl/α,β-unsaturated/α-hetero) is 1. The van der Waals surface area contributed by atoms with Gasteiger partial charge in [0.2, 0.25) is 0 Å². The fraction of sp³-hybridized carbons (Fsp3) is 0.500. The number of rotatable bonds is 7. The zero-order valence-electron chi connectivity index (χ0n) is 15.4. The van der Waals surface area contributed by atoms with Gasteiger partial charge in [-0.05, 0) is 36.5 Å². The number of benzene rings is 1. The summed E-state index contributed by atoms with van der Waals surface area (Å²) in [6, 6.07) is 8.76. The molecule has 0 saturated heterocycles. The highest BCUT2D eigenvalue weighted by Gasteiger charge is 2.63. The second-order valence-electron chi connectivity index (χ2n) is 7.72. The topological polar surface area (TPSA) is 69.7 Å². The third-order valence-electron chi connectivity index (χ3n) is 6.09. The van der Waals surface area contributed by atoms with Gasteiger partial charge in [0, 0.05) is 5.56 Å². The number of hydrogen-bond donors (Lipinski definition) is 0. The molecule has 0 amide bonds. The van der Waals surface area contributed by atoms with Gasteiger partial charge in [0.05, 0.1) is 18.4 Å². The Labute approximate surface area is 158 Å². The first kappa shape index (κ1) is 18.0. The molecule has 0 spiro atoms. The van der Waals surface area contributed by atoms with Crippen molar-refractivity contribution in [3.8, 4) is 0 Å². The van der Waals surface area contributed by atoms with Crippen LogP contribution in [0.2, 0.25) is 0 Å². The van der Waals surface area contributed by atoms with E-state index in [1.54, 1.807) is 24.3 Å². The maximum absolute atomic E-state index is 12.9. The van der Waals surface area contributed by atoms with Gasteiger partial charge in [-0.2, -0.15) is 0 Å². The van der Waals surface area contributed by atoms with Crippen LogP contribution >= 0.6 is 0 Å².